The Labute approximate surface area is 90.4 Å². The molecule has 0 bridgehead atoms. The van der Waals surface area contributed by atoms with E-state index in [0.29, 0.717) is 6.61 Å². The lowest BCUT2D eigenvalue weighted by molar-refractivity contribution is -0.110. The van der Waals surface area contributed by atoms with Gasteiger partial charge in [0.15, 0.2) is 0 Å². The zero-order valence-electron chi connectivity index (χ0n) is 9.03. The molecule has 0 aliphatic carbocycles. The van der Waals surface area contributed by atoms with Crippen LogP contribution in [0.4, 0.5) is 0 Å². The number of rotatable bonds is 3. The highest BCUT2D eigenvalue weighted by molar-refractivity contribution is 5.24. The van der Waals surface area contributed by atoms with E-state index >= 15 is 0 Å². The lowest BCUT2D eigenvalue weighted by Gasteiger charge is -2.37. The summed E-state index contributed by atoms with van der Waals surface area (Å²) in [4.78, 5) is 0. The van der Waals surface area contributed by atoms with Crippen molar-refractivity contribution in [2.45, 2.75) is 5.60 Å². The normalized spacial score (nSPS) is 26.5. The van der Waals surface area contributed by atoms with Crippen molar-refractivity contribution in [1.82, 2.24) is 5.32 Å². The van der Waals surface area contributed by atoms with E-state index in [9.17, 15) is 0 Å². The first kappa shape index (κ1) is 10.6. The lowest BCUT2D eigenvalue weighted by Crippen LogP contribution is -2.50. The van der Waals surface area contributed by atoms with Crippen LogP contribution in [0.2, 0.25) is 0 Å². The predicted octanol–water partition coefficient (Wildman–Crippen LogP) is 1.15. The van der Waals surface area contributed by atoms with E-state index in [-0.39, 0.29) is 5.60 Å². The molecule has 1 saturated heterocycles. The van der Waals surface area contributed by atoms with E-state index in [4.69, 9.17) is 9.47 Å². The minimum atomic E-state index is -0.311. The molecule has 2 rings (SSSR count). The van der Waals surface area contributed by atoms with E-state index in [1.807, 2.05) is 18.2 Å². The Morgan fingerprint density at radius 3 is 2.80 bits per heavy atom. The Balaban J connectivity index is 2.25. The van der Waals surface area contributed by atoms with Crippen molar-refractivity contribution in [2.24, 2.45) is 0 Å². The first-order valence-corrected chi connectivity index (χ1v) is 5.26. The summed E-state index contributed by atoms with van der Waals surface area (Å²) in [5.41, 5.74) is 0.868. The molecule has 1 unspecified atom stereocenters. The second-order valence-electron chi connectivity index (χ2n) is 3.82. The number of nitrogens with one attached hydrogen (secondary N) is 1. The van der Waals surface area contributed by atoms with Gasteiger partial charge in [-0.2, -0.15) is 0 Å². The van der Waals surface area contributed by atoms with Gasteiger partial charge in [0.05, 0.1) is 13.2 Å². The Bertz CT molecular complexity index is 288. The van der Waals surface area contributed by atoms with Crippen LogP contribution < -0.4 is 5.32 Å². The van der Waals surface area contributed by atoms with Gasteiger partial charge in [-0.25, -0.2) is 0 Å². The minimum absolute atomic E-state index is 0.311. The van der Waals surface area contributed by atoms with Crippen LogP contribution in [-0.4, -0.2) is 33.4 Å². The molecular weight excluding hydrogens is 190 g/mol. The summed E-state index contributed by atoms with van der Waals surface area (Å²) in [5.74, 6) is 0. The van der Waals surface area contributed by atoms with Crippen LogP contribution in [0.25, 0.3) is 0 Å². The quantitative estimate of drug-likeness (QED) is 0.806. The van der Waals surface area contributed by atoms with Gasteiger partial charge in [-0.15, -0.1) is 0 Å². The number of benzene rings is 1. The van der Waals surface area contributed by atoms with Crippen LogP contribution in [-0.2, 0) is 15.1 Å². The fraction of sp³-hybridized carbons (Fsp3) is 0.500. The van der Waals surface area contributed by atoms with Crippen LogP contribution in [0, 0.1) is 0 Å². The molecule has 1 aromatic carbocycles. The van der Waals surface area contributed by atoms with Gasteiger partial charge < -0.3 is 14.8 Å². The molecule has 1 aliphatic heterocycles. The molecule has 82 valence electrons. The monoisotopic (exact) mass is 207 g/mol. The fourth-order valence-electron chi connectivity index (χ4n) is 2.00. The SMILES string of the molecule is COCC1(c2ccccc2)CNCCO1. The summed E-state index contributed by atoms with van der Waals surface area (Å²) in [6.45, 7) is 3.05. The summed E-state index contributed by atoms with van der Waals surface area (Å²) in [5, 5.41) is 3.35. The molecule has 3 nitrogen and oxygen atoms in total. The Morgan fingerprint density at radius 2 is 2.20 bits per heavy atom. The van der Waals surface area contributed by atoms with Crippen molar-refractivity contribution in [3.05, 3.63) is 35.9 Å². The van der Waals surface area contributed by atoms with Crippen LogP contribution in [0.5, 0.6) is 0 Å². The van der Waals surface area contributed by atoms with Gasteiger partial charge in [-0.3, -0.25) is 0 Å². The number of morpholine rings is 1. The zero-order valence-corrected chi connectivity index (χ0v) is 9.03. The van der Waals surface area contributed by atoms with Crippen LogP contribution in [0.15, 0.2) is 30.3 Å². The highest BCUT2D eigenvalue weighted by Gasteiger charge is 2.35. The van der Waals surface area contributed by atoms with Crippen molar-refractivity contribution in [3.8, 4) is 0 Å². The number of hydrogen-bond donors (Lipinski definition) is 1. The molecule has 1 heterocycles. The third kappa shape index (κ3) is 2.20. The van der Waals surface area contributed by atoms with Gasteiger partial charge in [0.1, 0.15) is 5.60 Å². The maximum Gasteiger partial charge on any atom is 0.129 e. The summed E-state index contributed by atoms with van der Waals surface area (Å²) in [6.07, 6.45) is 0. The Hall–Kier alpha value is -0.900. The second-order valence-corrected chi connectivity index (χ2v) is 3.82. The minimum Gasteiger partial charge on any atom is -0.381 e. The third-order valence-corrected chi connectivity index (χ3v) is 2.75. The van der Waals surface area contributed by atoms with E-state index in [0.717, 1.165) is 19.7 Å². The van der Waals surface area contributed by atoms with Crippen molar-refractivity contribution >= 4 is 0 Å². The molecule has 1 fully saturated rings. The average molecular weight is 207 g/mol. The predicted molar refractivity (Wildman–Crippen MR) is 58.8 cm³/mol. The van der Waals surface area contributed by atoms with Gasteiger partial charge in [0, 0.05) is 20.2 Å². The molecule has 15 heavy (non-hydrogen) atoms. The first-order valence-electron chi connectivity index (χ1n) is 5.26. The topological polar surface area (TPSA) is 30.5 Å². The summed E-state index contributed by atoms with van der Waals surface area (Å²) < 4.78 is 11.2. The smallest absolute Gasteiger partial charge is 0.129 e. The highest BCUT2D eigenvalue weighted by Crippen LogP contribution is 2.27. The molecule has 0 spiro atoms. The van der Waals surface area contributed by atoms with Gasteiger partial charge in [-0.1, -0.05) is 30.3 Å². The molecule has 0 saturated carbocycles. The molecule has 1 aliphatic rings. The third-order valence-electron chi connectivity index (χ3n) is 2.75. The molecule has 0 aromatic heterocycles. The second kappa shape index (κ2) is 4.75. The summed E-state index contributed by atoms with van der Waals surface area (Å²) >= 11 is 0. The van der Waals surface area contributed by atoms with E-state index in [1.54, 1.807) is 7.11 Å². The highest BCUT2D eigenvalue weighted by atomic mass is 16.5. The van der Waals surface area contributed by atoms with Crippen LogP contribution in [0.3, 0.4) is 0 Å². The lowest BCUT2D eigenvalue weighted by atomic mass is 9.93. The molecule has 1 N–H and O–H groups in total. The average Bonchev–Trinajstić information content (AvgIpc) is 2.32. The fourth-order valence-corrected chi connectivity index (χ4v) is 2.00. The van der Waals surface area contributed by atoms with Crippen molar-refractivity contribution < 1.29 is 9.47 Å². The first-order chi connectivity index (χ1) is 7.37. The summed E-state index contributed by atoms with van der Waals surface area (Å²) in [7, 11) is 1.71. The Kier molecular flexibility index (Phi) is 3.36. The van der Waals surface area contributed by atoms with Crippen molar-refractivity contribution in [1.29, 1.82) is 0 Å². The molecule has 1 aromatic rings. The van der Waals surface area contributed by atoms with E-state index in [2.05, 4.69) is 17.4 Å². The zero-order chi connectivity index (χ0) is 10.6. The molecule has 0 radical (unpaired) electrons. The van der Waals surface area contributed by atoms with Gasteiger partial charge in [0.25, 0.3) is 0 Å². The maximum atomic E-state index is 5.90. The van der Waals surface area contributed by atoms with Gasteiger partial charge in [0.2, 0.25) is 0 Å². The molecule has 3 heteroatoms. The summed E-state index contributed by atoms with van der Waals surface area (Å²) in [6, 6.07) is 10.3. The van der Waals surface area contributed by atoms with Crippen LogP contribution in [0.1, 0.15) is 5.56 Å². The van der Waals surface area contributed by atoms with Crippen molar-refractivity contribution in [3.63, 3.8) is 0 Å². The molecule has 1 atom stereocenters. The Morgan fingerprint density at radius 1 is 1.40 bits per heavy atom. The number of methoxy groups -OCH3 is 1. The largest absolute Gasteiger partial charge is 0.381 e. The van der Waals surface area contributed by atoms with E-state index in [1.165, 1.54) is 5.56 Å². The number of hydrogen-bond acceptors (Lipinski definition) is 3. The van der Waals surface area contributed by atoms with Gasteiger partial charge >= 0.3 is 0 Å². The maximum absolute atomic E-state index is 5.90. The van der Waals surface area contributed by atoms with E-state index < -0.39 is 0 Å². The molecule has 0 amide bonds. The standard InChI is InChI=1S/C12H17NO2/c1-14-10-12(9-13-7-8-15-12)11-5-3-2-4-6-11/h2-6,13H,7-10H2,1H3. The molecular formula is C12H17NO2. The van der Waals surface area contributed by atoms with Crippen LogP contribution >= 0.6 is 0 Å². The van der Waals surface area contributed by atoms with Gasteiger partial charge in [-0.05, 0) is 5.56 Å². The van der Waals surface area contributed by atoms with Crippen molar-refractivity contribution in [2.75, 3.05) is 33.4 Å². The number of ether oxygens (including phenoxy) is 2.